The fraction of sp³-hybridized carbons (Fsp3) is 0.176. The van der Waals surface area contributed by atoms with Gasteiger partial charge in [-0.1, -0.05) is 30.3 Å². The topological polar surface area (TPSA) is 60.9 Å². The fourth-order valence-corrected chi connectivity index (χ4v) is 3.17. The summed E-state index contributed by atoms with van der Waals surface area (Å²) in [5.41, 5.74) is 10.5. The molecule has 104 valence electrons. The van der Waals surface area contributed by atoms with Crippen molar-refractivity contribution >= 4 is 22.6 Å². The van der Waals surface area contributed by atoms with Crippen molar-refractivity contribution in [1.29, 1.82) is 0 Å². The highest BCUT2D eigenvalue weighted by atomic mass is 16.2. The van der Waals surface area contributed by atoms with E-state index in [9.17, 15) is 4.79 Å². The zero-order chi connectivity index (χ0) is 14.4. The lowest BCUT2D eigenvalue weighted by Gasteiger charge is -2.09. The van der Waals surface area contributed by atoms with Crippen molar-refractivity contribution in [3.8, 4) is 0 Å². The Morgan fingerprint density at radius 2 is 1.81 bits per heavy atom. The molecule has 21 heavy (non-hydrogen) atoms. The van der Waals surface area contributed by atoms with Gasteiger partial charge in [0.15, 0.2) is 0 Å². The Kier molecular flexibility index (Phi) is 2.57. The normalized spacial score (nSPS) is 14.5. The molecule has 1 aromatic heterocycles. The Bertz CT molecular complexity index is 825. The van der Waals surface area contributed by atoms with E-state index in [1.807, 2.05) is 24.3 Å². The van der Waals surface area contributed by atoms with Gasteiger partial charge in [-0.2, -0.15) is 0 Å². The molecule has 3 aromatic rings. The molecule has 0 saturated carbocycles. The molecule has 2 N–H and O–H groups in total. The zero-order valence-electron chi connectivity index (χ0n) is 11.5. The lowest BCUT2D eigenvalue weighted by molar-refractivity contribution is 0.0844. The third-order valence-corrected chi connectivity index (χ3v) is 4.25. The summed E-state index contributed by atoms with van der Waals surface area (Å²) in [4.78, 5) is 17.1. The van der Waals surface area contributed by atoms with E-state index >= 15 is 0 Å². The van der Waals surface area contributed by atoms with Gasteiger partial charge in [0.05, 0.1) is 11.2 Å². The Morgan fingerprint density at radius 3 is 2.52 bits per heavy atom. The van der Waals surface area contributed by atoms with E-state index < -0.39 is 0 Å². The summed E-state index contributed by atoms with van der Waals surface area (Å²) in [6.07, 6.45) is 3.19. The van der Waals surface area contributed by atoms with Crippen LogP contribution in [0.5, 0.6) is 0 Å². The van der Waals surface area contributed by atoms with Crippen molar-refractivity contribution in [2.24, 2.45) is 5.92 Å². The van der Waals surface area contributed by atoms with Crippen LogP contribution < -0.4 is 5.73 Å². The van der Waals surface area contributed by atoms with E-state index in [0.717, 1.165) is 18.4 Å². The van der Waals surface area contributed by atoms with Crippen LogP contribution in [-0.2, 0) is 12.8 Å². The van der Waals surface area contributed by atoms with E-state index in [1.165, 1.54) is 11.1 Å². The van der Waals surface area contributed by atoms with E-state index in [0.29, 0.717) is 11.2 Å². The second-order valence-electron chi connectivity index (χ2n) is 5.54. The first-order chi connectivity index (χ1) is 10.2. The molecule has 0 bridgehead atoms. The highest BCUT2D eigenvalue weighted by Crippen LogP contribution is 2.29. The van der Waals surface area contributed by atoms with Crippen molar-refractivity contribution in [2.75, 3.05) is 5.73 Å². The predicted octanol–water partition coefficient (Wildman–Crippen LogP) is 2.67. The summed E-state index contributed by atoms with van der Waals surface area (Å²) < 4.78 is 1.64. The first-order valence-electron chi connectivity index (χ1n) is 7.06. The molecule has 4 heteroatoms. The monoisotopic (exact) mass is 277 g/mol. The summed E-state index contributed by atoms with van der Waals surface area (Å²) in [5, 5.41) is 0. The minimum Gasteiger partial charge on any atom is -0.397 e. The van der Waals surface area contributed by atoms with E-state index in [2.05, 4.69) is 17.1 Å². The molecular weight excluding hydrogens is 262 g/mol. The summed E-state index contributed by atoms with van der Waals surface area (Å²) in [7, 11) is 0. The second-order valence-corrected chi connectivity index (χ2v) is 5.54. The van der Waals surface area contributed by atoms with E-state index in [-0.39, 0.29) is 11.8 Å². The standard InChI is InChI=1S/C17H15N3O/c18-14-6-3-7-15-16(14)19-10-20(15)17(21)13-8-11-4-1-2-5-12(11)9-13/h1-7,10,13H,8-9,18H2. The van der Waals surface area contributed by atoms with Gasteiger partial charge in [0.1, 0.15) is 11.8 Å². The van der Waals surface area contributed by atoms with Crippen LogP contribution in [0.25, 0.3) is 11.0 Å². The number of rotatable bonds is 1. The molecule has 0 aliphatic heterocycles. The van der Waals surface area contributed by atoms with Gasteiger partial charge in [-0.3, -0.25) is 9.36 Å². The van der Waals surface area contributed by atoms with Crippen molar-refractivity contribution < 1.29 is 4.79 Å². The predicted molar refractivity (Wildman–Crippen MR) is 82.1 cm³/mol. The quantitative estimate of drug-likeness (QED) is 0.696. The highest BCUT2D eigenvalue weighted by Gasteiger charge is 2.28. The van der Waals surface area contributed by atoms with Crippen LogP contribution in [0.4, 0.5) is 5.69 Å². The number of nitrogen functional groups attached to an aromatic ring is 1. The largest absolute Gasteiger partial charge is 0.397 e. The van der Waals surface area contributed by atoms with E-state index in [4.69, 9.17) is 5.73 Å². The molecule has 0 amide bonds. The lowest BCUT2D eigenvalue weighted by Crippen LogP contribution is -2.21. The zero-order valence-corrected chi connectivity index (χ0v) is 11.5. The summed E-state index contributed by atoms with van der Waals surface area (Å²) in [5.74, 6) is 0.0838. The van der Waals surface area contributed by atoms with Gasteiger partial charge in [0, 0.05) is 5.92 Å². The Labute approximate surface area is 122 Å². The Balaban J connectivity index is 1.71. The third-order valence-electron chi connectivity index (χ3n) is 4.25. The molecular formula is C17H15N3O. The number of benzene rings is 2. The van der Waals surface area contributed by atoms with Crippen LogP contribution in [0.3, 0.4) is 0 Å². The first-order valence-corrected chi connectivity index (χ1v) is 7.06. The number of fused-ring (bicyclic) bond motifs is 2. The summed E-state index contributed by atoms with van der Waals surface area (Å²) >= 11 is 0. The Morgan fingerprint density at radius 1 is 1.10 bits per heavy atom. The number of para-hydroxylation sites is 1. The number of carbonyl (C=O) groups excluding carboxylic acids is 1. The second kappa shape index (κ2) is 4.45. The maximum absolute atomic E-state index is 12.8. The van der Waals surface area contributed by atoms with Crippen LogP contribution in [0, 0.1) is 5.92 Å². The number of nitrogens with zero attached hydrogens (tertiary/aromatic N) is 2. The Hall–Kier alpha value is -2.62. The van der Waals surface area contributed by atoms with Crippen LogP contribution in [-0.4, -0.2) is 15.5 Å². The van der Waals surface area contributed by atoms with Crippen LogP contribution in [0.2, 0.25) is 0 Å². The van der Waals surface area contributed by atoms with Crippen molar-refractivity contribution in [3.05, 3.63) is 59.9 Å². The smallest absolute Gasteiger partial charge is 0.236 e. The van der Waals surface area contributed by atoms with Gasteiger partial charge in [-0.05, 0) is 36.1 Å². The molecule has 4 rings (SSSR count). The fourth-order valence-electron chi connectivity index (χ4n) is 3.17. The molecule has 0 spiro atoms. The first kappa shape index (κ1) is 12.1. The molecule has 2 aromatic carbocycles. The molecule has 1 heterocycles. The van der Waals surface area contributed by atoms with Crippen molar-refractivity contribution in [2.45, 2.75) is 12.8 Å². The molecule has 1 aliphatic rings. The van der Waals surface area contributed by atoms with Crippen molar-refractivity contribution in [3.63, 3.8) is 0 Å². The average molecular weight is 277 g/mol. The van der Waals surface area contributed by atoms with Gasteiger partial charge in [0.25, 0.3) is 0 Å². The van der Waals surface area contributed by atoms with Crippen molar-refractivity contribution in [1.82, 2.24) is 9.55 Å². The van der Waals surface area contributed by atoms with Crippen LogP contribution >= 0.6 is 0 Å². The van der Waals surface area contributed by atoms with E-state index in [1.54, 1.807) is 17.0 Å². The average Bonchev–Trinajstić information content (AvgIpc) is 3.11. The van der Waals surface area contributed by atoms with Gasteiger partial charge in [0.2, 0.25) is 5.91 Å². The molecule has 4 nitrogen and oxygen atoms in total. The SMILES string of the molecule is Nc1cccc2c1ncn2C(=O)C1Cc2ccccc2C1. The minimum atomic E-state index is -0.0127. The number of hydrogen-bond acceptors (Lipinski definition) is 3. The lowest BCUT2D eigenvalue weighted by atomic mass is 10.1. The number of hydrogen-bond donors (Lipinski definition) is 1. The summed E-state index contributed by atoms with van der Waals surface area (Å²) in [6.45, 7) is 0. The molecule has 0 atom stereocenters. The van der Waals surface area contributed by atoms with Crippen LogP contribution in [0.15, 0.2) is 48.8 Å². The maximum atomic E-state index is 12.8. The third kappa shape index (κ3) is 1.83. The number of carbonyl (C=O) groups is 1. The highest BCUT2D eigenvalue weighted by molar-refractivity contribution is 5.96. The minimum absolute atomic E-state index is 0.0127. The number of imidazole rings is 1. The van der Waals surface area contributed by atoms with Gasteiger partial charge < -0.3 is 5.73 Å². The van der Waals surface area contributed by atoms with Gasteiger partial charge in [-0.15, -0.1) is 0 Å². The summed E-state index contributed by atoms with van der Waals surface area (Å²) in [6, 6.07) is 13.8. The molecule has 0 unspecified atom stereocenters. The maximum Gasteiger partial charge on any atom is 0.236 e. The molecule has 0 saturated heterocycles. The number of aromatic nitrogens is 2. The molecule has 0 fully saturated rings. The van der Waals surface area contributed by atoms with Gasteiger partial charge >= 0.3 is 0 Å². The molecule has 1 aliphatic carbocycles. The number of nitrogens with two attached hydrogens (primary N) is 1. The van der Waals surface area contributed by atoms with Gasteiger partial charge in [-0.25, -0.2) is 4.98 Å². The molecule has 0 radical (unpaired) electrons. The van der Waals surface area contributed by atoms with Crippen LogP contribution in [0.1, 0.15) is 15.9 Å². The number of anilines is 1.